The average Bonchev–Trinajstić information content (AvgIpc) is 3.26. The predicted octanol–water partition coefficient (Wildman–Crippen LogP) is 2.40. The van der Waals surface area contributed by atoms with Crippen molar-refractivity contribution >= 4 is 45.1 Å². The number of sulfonamides is 1. The molecule has 3 aromatic rings. The Bertz CT molecular complexity index is 1150. The zero-order chi connectivity index (χ0) is 22.4. The lowest BCUT2D eigenvalue weighted by Crippen LogP contribution is -2.31. The number of H-pyrrole nitrogens is 1. The molecule has 0 aliphatic rings. The van der Waals surface area contributed by atoms with Crippen molar-refractivity contribution in [3.05, 3.63) is 63.9 Å². The monoisotopic (exact) mass is 484 g/mol. The van der Waals surface area contributed by atoms with Gasteiger partial charge in [-0.15, -0.1) is 0 Å². The van der Waals surface area contributed by atoms with Gasteiger partial charge in [-0.05, 0) is 36.2 Å². The summed E-state index contributed by atoms with van der Waals surface area (Å²) in [4.78, 5) is 15.9. The molecule has 13 heteroatoms. The molecular weight excluding hydrogens is 467 g/mol. The molecule has 0 spiro atoms. The fourth-order valence-corrected chi connectivity index (χ4v) is 4.45. The van der Waals surface area contributed by atoms with Crippen LogP contribution in [-0.2, 0) is 16.4 Å². The largest absolute Gasteiger partial charge is 0.497 e. The molecule has 31 heavy (non-hydrogen) atoms. The Morgan fingerprint density at radius 3 is 2.55 bits per heavy atom. The Labute approximate surface area is 188 Å². The Balaban J connectivity index is 1.70. The third kappa shape index (κ3) is 5.85. The van der Waals surface area contributed by atoms with Crippen molar-refractivity contribution in [3.8, 4) is 5.75 Å². The van der Waals surface area contributed by atoms with Crippen molar-refractivity contribution < 1.29 is 17.9 Å². The first-order valence-electron chi connectivity index (χ1n) is 8.83. The summed E-state index contributed by atoms with van der Waals surface area (Å²) in [7, 11) is -2.43. The number of aromatic amines is 1. The van der Waals surface area contributed by atoms with Gasteiger partial charge in [0.05, 0.1) is 22.7 Å². The number of benzene rings is 2. The zero-order valence-electron chi connectivity index (χ0n) is 16.1. The lowest BCUT2D eigenvalue weighted by atomic mass is 10.1. The number of hydrogen-bond acceptors (Lipinski definition) is 7. The van der Waals surface area contributed by atoms with Crippen LogP contribution in [0, 0.1) is 0 Å². The van der Waals surface area contributed by atoms with Gasteiger partial charge in [-0.2, -0.15) is 10.1 Å². The molecule has 3 rings (SSSR count). The Hall–Kier alpha value is -2.86. The van der Waals surface area contributed by atoms with E-state index in [9.17, 15) is 13.2 Å². The fraction of sp³-hybridized carbons (Fsp3) is 0.167. The maximum atomic E-state index is 12.7. The molecule has 0 atom stereocenters. The molecule has 0 unspecified atom stereocenters. The van der Waals surface area contributed by atoms with Crippen LogP contribution in [0.15, 0.2) is 47.6 Å². The molecule has 10 nitrogen and oxygen atoms in total. The molecule has 0 fully saturated rings. The smallest absolute Gasteiger partial charge is 0.271 e. The summed E-state index contributed by atoms with van der Waals surface area (Å²) in [5.41, 5.74) is 5.66. The SMILES string of the molecule is COc1ccc(CCNS(=O)(=O)c2cc(C(=O)NNc3ncn[nH]3)c(Cl)cc2Cl)cc1. The van der Waals surface area contributed by atoms with Gasteiger partial charge in [0.25, 0.3) is 5.91 Å². The Morgan fingerprint density at radius 1 is 1.16 bits per heavy atom. The summed E-state index contributed by atoms with van der Waals surface area (Å²) in [5.74, 6) is 0.208. The van der Waals surface area contributed by atoms with Gasteiger partial charge in [-0.25, -0.2) is 18.2 Å². The van der Waals surface area contributed by atoms with Gasteiger partial charge in [-0.1, -0.05) is 35.3 Å². The van der Waals surface area contributed by atoms with Crippen LogP contribution in [0.5, 0.6) is 5.75 Å². The second kappa shape index (κ2) is 9.96. The highest BCUT2D eigenvalue weighted by atomic mass is 35.5. The number of anilines is 1. The third-order valence-corrected chi connectivity index (χ3v) is 6.37. The first-order chi connectivity index (χ1) is 14.8. The Morgan fingerprint density at radius 2 is 1.90 bits per heavy atom. The second-order valence-electron chi connectivity index (χ2n) is 6.17. The quantitative estimate of drug-likeness (QED) is 0.342. The number of nitrogens with one attached hydrogen (secondary N) is 4. The molecule has 0 saturated heterocycles. The maximum Gasteiger partial charge on any atom is 0.271 e. The highest BCUT2D eigenvalue weighted by molar-refractivity contribution is 7.89. The van der Waals surface area contributed by atoms with E-state index in [1.54, 1.807) is 19.2 Å². The standard InChI is InChI=1S/C18H18Cl2N6O4S/c1-30-12-4-2-11(3-5-12)6-7-23-31(28,29)16-8-13(14(19)9-15(16)20)17(27)24-26-18-21-10-22-25-18/h2-5,8-10,23H,6-7H2,1H3,(H,24,27)(H2,21,22,25,26). The van der Waals surface area contributed by atoms with Crippen LogP contribution >= 0.6 is 23.2 Å². The minimum atomic E-state index is -4.00. The molecule has 1 heterocycles. The highest BCUT2D eigenvalue weighted by Crippen LogP contribution is 2.28. The molecule has 1 aromatic heterocycles. The number of nitrogens with zero attached hydrogens (tertiary/aromatic N) is 2. The van der Waals surface area contributed by atoms with Gasteiger partial charge >= 0.3 is 0 Å². The number of carbonyl (C=O) groups is 1. The van der Waals surface area contributed by atoms with Crippen molar-refractivity contribution in [2.24, 2.45) is 0 Å². The summed E-state index contributed by atoms with van der Waals surface area (Å²) >= 11 is 12.2. The third-order valence-electron chi connectivity index (χ3n) is 4.13. The van der Waals surface area contributed by atoms with Crippen molar-refractivity contribution in [1.29, 1.82) is 0 Å². The van der Waals surface area contributed by atoms with Crippen LogP contribution in [0.2, 0.25) is 10.0 Å². The molecular formula is C18H18Cl2N6O4S. The number of ether oxygens (including phenoxy) is 1. The lowest BCUT2D eigenvalue weighted by molar-refractivity contribution is 0.0962. The van der Waals surface area contributed by atoms with E-state index in [1.165, 1.54) is 12.4 Å². The number of amides is 1. The normalized spacial score (nSPS) is 11.2. The maximum absolute atomic E-state index is 12.7. The van der Waals surface area contributed by atoms with Gasteiger partial charge in [-0.3, -0.25) is 15.6 Å². The molecule has 2 aromatic carbocycles. The fourth-order valence-electron chi connectivity index (χ4n) is 2.56. The van der Waals surface area contributed by atoms with Crippen LogP contribution in [0.3, 0.4) is 0 Å². The Kier molecular flexibility index (Phi) is 7.33. The van der Waals surface area contributed by atoms with E-state index >= 15 is 0 Å². The second-order valence-corrected chi connectivity index (χ2v) is 8.72. The summed E-state index contributed by atoms with van der Waals surface area (Å²) in [6, 6.07) is 9.57. The summed E-state index contributed by atoms with van der Waals surface area (Å²) < 4.78 is 33.1. The van der Waals surface area contributed by atoms with Crippen molar-refractivity contribution in [2.75, 3.05) is 19.1 Å². The van der Waals surface area contributed by atoms with E-state index in [0.717, 1.165) is 11.6 Å². The van der Waals surface area contributed by atoms with Gasteiger partial charge in [0, 0.05) is 6.54 Å². The van der Waals surface area contributed by atoms with Crippen LogP contribution in [0.1, 0.15) is 15.9 Å². The number of hydrogen-bond donors (Lipinski definition) is 4. The first kappa shape index (κ1) is 22.8. The number of rotatable bonds is 9. The van der Waals surface area contributed by atoms with Crippen LogP contribution in [0.4, 0.5) is 5.95 Å². The molecule has 0 aliphatic heterocycles. The molecule has 0 aliphatic carbocycles. The van der Waals surface area contributed by atoms with Gasteiger partial charge in [0.2, 0.25) is 16.0 Å². The molecule has 164 valence electrons. The molecule has 0 radical (unpaired) electrons. The molecule has 0 bridgehead atoms. The molecule has 1 amide bonds. The van der Waals surface area contributed by atoms with E-state index in [1.807, 2.05) is 12.1 Å². The summed E-state index contributed by atoms with van der Waals surface area (Å²) in [6.07, 6.45) is 1.69. The summed E-state index contributed by atoms with van der Waals surface area (Å²) in [5, 5.41) is 5.99. The number of methoxy groups -OCH3 is 1. The van der Waals surface area contributed by atoms with E-state index in [-0.39, 0.29) is 33.0 Å². The van der Waals surface area contributed by atoms with Gasteiger partial charge < -0.3 is 4.74 Å². The van der Waals surface area contributed by atoms with Crippen molar-refractivity contribution in [3.63, 3.8) is 0 Å². The van der Waals surface area contributed by atoms with Crippen LogP contribution in [-0.4, -0.2) is 43.2 Å². The number of hydrazine groups is 1. The van der Waals surface area contributed by atoms with Crippen molar-refractivity contribution in [2.45, 2.75) is 11.3 Å². The van der Waals surface area contributed by atoms with Crippen molar-refractivity contribution in [1.82, 2.24) is 25.3 Å². The predicted molar refractivity (Wildman–Crippen MR) is 116 cm³/mol. The minimum absolute atomic E-state index is 0.0148. The van der Waals surface area contributed by atoms with E-state index < -0.39 is 15.9 Å². The number of carbonyl (C=O) groups excluding carboxylic acids is 1. The number of halogens is 2. The number of aromatic nitrogens is 3. The highest BCUT2D eigenvalue weighted by Gasteiger charge is 2.22. The lowest BCUT2D eigenvalue weighted by Gasteiger charge is -2.12. The van der Waals surface area contributed by atoms with Crippen LogP contribution < -0.4 is 20.3 Å². The average molecular weight is 485 g/mol. The van der Waals surface area contributed by atoms with Gasteiger partial charge in [0.15, 0.2) is 0 Å². The first-order valence-corrected chi connectivity index (χ1v) is 11.1. The van der Waals surface area contributed by atoms with E-state index in [4.69, 9.17) is 27.9 Å². The van der Waals surface area contributed by atoms with E-state index in [2.05, 4.69) is 30.8 Å². The van der Waals surface area contributed by atoms with Crippen LogP contribution in [0.25, 0.3) is 0 Å². The topological polar surface area (TPSA) is 138 Å². The minimum Gasteiger partial charge on any atom is -0.497 e. The van der Waals surface area contributed by atoms with Gasteiger partial charge in [0.1, 0.15) is 17.0 Å². The molecule has 0 saturated carbocycles. The molecule has 4 N–H and O–H groups in total. The van der Waals surface area contributed by atoms with E-state index in [0.29, 0.717) is 12.2 Å². The zero-order valence-corrected chi connectivity index (χ0v) is 18.5. The summed E-state index contributed by atoms with van der Waals surface area (Å²) in [6.45, 7) is 0.127.